The number of carbonyl (C=O) groups excluding carboxylic acids is 1. The molecule has 2 heterocycles. The summed E-state index contributed by atoms with van der Waals surface area (Å²) in [5.74, 6) is -0.836. The first kappa shape index (κ1) is 19.5. The van der Waals surface area contributed by atoms with Gasteiger partial charge in [0.1, 0.15) is 4.21 Å². The smallest absolute Gasteiger partial charge is 0.271 e. The second-order valence-corrected chi connectivity index (χ2v) is 9.49. The van der Waals surface area contributed by atoms with Crippen LogP contribution < -0.4 is 5.32 Å². The zero-order chi connectivity index (χ0) is 19.6. The lowest BCUT2D eigenvalue weighted by Crippen LogP contribution is -2.43. The van der Waals surface area contributed by atoms with Crippen molar-refractivity contribution in [2.45, 2.75) is 24.0 Å². The van der Waals surface area contributed by atoms with Gasteiger partial charge in [-0.3, -0.25) is 14.9 Å². The molecule has 0 radical (unpaired) electrons. The highest BCUT2D eigenvalue weighted by Gasteiger charge is 2.34. The van der Waals surface area contributed by atoms with Crippen molar-refractivity contribution in [3.63, 3.8) is 0 Å². The Morgan fingerprint density at radius 2 is 2.15 bits per heavy atom. The molecule has 1 amide bonds. The predicted molar refractivity (Wildman–Crippen MR) is 102 cm³/mol. The summed E-state index contributed by atoms with van der Waals surface area (Å²) in [6.45, 7) is 2.22. The lowest BCUT2D eigenvalue weighted by molar-refractivity contribution is -0.384. The van der Waals surface area contributed by atoms with Crippen molar-refractivity contribution in [2.75, 3.05) is 18.4 Å². The summed E-state index contributed by atoms with van der Waals surface area (Å²) >= 11 is 1.15. The number of piperidine rings is 1. The van der Waals surface area contributed by atoms with E-state index in [4.69, 9.17) is 0 Å². The minimum atomic E-state index is -3.60. The van der Waals surface area contributed by atoms with Crippen molar-refractivity contribution in [2.24, 2.45) is 5.92 Å². The van der Waals surface area contributed by atoms with Crippen LogP contribution in [0.25, 0.3) is 0 Å². The second kappa shape index (κ2) is 7.75. The first-order valence-corrected chi connectivity index (χ1v) is 10.7. The van der Waals surface area contributed by atoms with Gasteiger partial charge in [0.25, 0.3) is 15.7 Å². The van der Waals surface area contributed by atoms with E-state index in [0.29, 0.717) is 30.6 Å². The quantitative estimate of drug-likeness (QED) is 0.603. The summed E-state index contributed by atoms with van der Waals surface area (Å²) in [6.07, 6.45) is 1.15. The molecular weight excluding hydrogens is 390 g/mol. The topological polar surface area (TPSA) is 110 Å². The van der Waals surface area contributed by atoms with Gasteiger partial charge in [0.15, 0.2) is 0 Å². The molecule has 144 valence electrons. The van der Waals surface area contributed by atoms with Gasteiger partial charge < -0.3 is 5.32 Å². The van der Waals surface area contributed by atoms with Crippen LogP contribution in [-0.4, -0.2) is 36.6 Å². The van der Waals surface area contributed by atoms with Gasteiger partial charge in [-0.1, -0.05) is 12.1 Å². The van der Waals surface area contributed by atoms with Gasteiger partial charge in [0.2, 0.25) is 5.91 Å². The standard InChI is InChI=1S/C17H19N3O5S2/c1-12-6-7-14(20(22)23)10-15(12)18-17(21)13-4-2-8-19(11-13)27(24,25)16-5-3-9-26-16/h3,5-7,9-10,13H,2,4,8,11H2,1H3,(H,18,21)/t13-/m0/s1. The highest BCUT2D eigenvalue weighted by Crippen LogP contribution is 2.28. The van der Waals surface area contributed by atoms with Gasteiger partial charge in [-0.15, -0.1) is 11.3 Å². The summed E-state index contributed by atoms with van der Waals surface area (Å²) in [7, 11) is -3.60. The van der Waals surface area contributed by atoms with Crippen molar-refractivity contribution in [3.05, 3.63) is 51.4 Å². The second-order valence-electron chi connectivity index (χ2n) is 6.38. The Balaban J connectivity index is 1.74. The summed E-state index contributed by atoms with van der Waals surface area (Å²) in [6, 6.07) is 7.49. The average molecular weight is 409 g/mol. The van der Waals surface area contributed by atoms with Crippen LogP contribution in [-0.2, 0) is 14.8 Å². The maximum atomic E-state index is 12.7. The number of hydrogen-bond acceptors (Lipinski definition) is 6. The molecular formula is C17H19N3O5S2. The Labute approximate surface area is 161 Å². The number of carbonyl (C=O) groups is 1. The fraction of sp³-hybridized carbons (Fsp3) is 0.353. The SMILES string of the molecule is Cc1ccc([N+](=O)[O-])cc1NC(=O)[C@H]1CCCN(S(=O)(=O)c2cccs2)C1. The van der Waals surface area contributed by atoms with Crippen LogP contribution in [0.3, 0.4) is 0 Å². The molecule has 1 aliphatic heterocycles. The van der Waals surface area contributed by atoms with E-state index >= 15 is 0 Å². The van der Waals surface area contributed by atoms with E-state index in [1.807, 2.05) is 0 Å². The minimum Gasteiger partial charge on any atom is -0.325 e. The monoisotopic (exact) mass is 409 g/mol. The Hall–Kier alpha value is -2.30. The van der Waals surface area contributed by atoms with Crippen molar-refractivity contribution in [1.82, 2.24) is 4.31 Å². The zero-order valence-corrected chi connectivity index (χ0v) is 16.3. The molecule has 0 aliphatic carbocycles. The van der Waals surface area contributed by atoms with Crippen LogP contribution in [0.1, 0.15) is 18.4 Å². The molecule has 0 spiro atoms. The molecule has 0 unspecified atom stereocenters. The normalized spacial score (nSPS) is 18.2. The summed E-state index contributed by atoms with van der Waals surface area (Å²) in [5.41, 5.74) is 0.960. The number of nitrogens with one attached hydrogen (secondary N) is 1. The third-order valence-electron chi connectivity index (χ3n) is 4.53. The van der Waals surface area contributed by atoms with Gasteiger partial charge in [-0.05, 0) is 36.8 Å². The zero-order valence-electron chi connectivity index (χ0n) is 14.6. The van der Waals surface area contributed by atoms with Crippen LogP contribution >= 0.6 is 11.3 Å². The molecule has 2 aromatic rings. The van der Waals surface area contributed by atoms with Gasteiger partial charge in [-0.2, -0.15) is 4.31 Å². The molecule has 8 nitrogen and oxygen atoms in total. The van der Waals surface area contributed by atoms with E-state index in [2.05, 4.69) is 5.32 Å². The molecule has 0 bridgehead atoms. The molecule has 0 saturated carbocycles. The summed E-state index contributed by atoms with van der Waals surface area (Å²) in [4.78, 5) is 23.1. The predicted octanol–water partition coefficient (Wildman–Crippen LogP) is 3.00. The third kappa shape index (κ3) is 4.18. The number of nitro benzene ring substituents is 1. The number of aryl methyl sites for hydroxylation is 1. The highest BCUT2D eigenvalue weighted by atomic mass is 32.2. The molecule has 1 aromatic heterocycles. The largest absolute Gasteiger partial charge is 0.325 e. The van der Waals surface area contributed by atoms with Gasteiger partial charge in [0.05, 0.1) is 16.5 Å². The number of amides is 1. The number of nitrogens with zero attached hydrogens (tertiary/aromatic N) is 2. The number of sulfonamides is 1. The van der Waals surface area contributed by atoms with Gasteiger partial charge >= 0.3 is 0 Å². The van der Waals surface area contributed by atoms with E-state index in [1.165, 1.54) is 16.4 Å². The fourth-order valence-corrected chi connectivity index (χ4v) is 5.67. The van der Waals surface area contributed by atoms with Crippen LogP contribution in [0.2, 0.25) is 0 Å². The first-order valence-electron chi connectivity index (χ1n) is 8.38. The molecule has 3 rings (SSSR count). The van der Waals surface area contributed by atoms with E-state index < -0.39 is 20.9 Å². The Kier molecular flexibility index (Phi) is 5.59. The Morgan fingerprint density at radius 3 is 2.81 bits per heavy atom. The van der Waals surface area contributed by atoms with E-state index in [1.54, 1.807) is 30.5 Å². The maximum Gasteiger partial charge on any atom is 0.271 e. The van der Waals surface area contributed by atoms with Crippen molar-refractivity contribution >= 4 is 38.6 Å². The Morgan fingerprint density at radius 1 is 1.37 bits per heavy atom. The van der Waals surface area contributed by atoms with Gasteiger partial charge in [-0.25, -0.2) is 8.42 Å². The number of non-ortho nitro benzene ring substituents is 1. The number of nitro groups is 1. The van der Waals surface area contributed by atoms with Crippen molar-refractivity contribution in [1.29, 1.82) is 0 Å². The molecule has 1 fully saturated rings. The van der Waals surface area contributed by atoms with E-state index in [-0.39, 0.29) is 22.3 Å². The number of rotatable bonds is 5. The number of hydrogen-bond donors (Lipinski definition) is 1. The molecule has 1 N–H and O–H groups in total. The van der Waals surface area contributed by atoms with Crippen LogP contribution in [0, 0.1) is 23.0 Å². The third-order valence-corrected chi connectivity index (χ3v) is 7.77. The first-order chi connectivity index (χ1) is 12.8. The molecule has 1 aromatic carbocycles. The lowest BCUT2D eigenvalue weighted by atomic mass is 9.98. The summed E-state index contributed by atoms with van der Waals surface area (Å²) in [5, 5.41) is 15.4. The molecule has 1 aliphatic rings. The van der Waals surface area contributed by atoms with Crippen molar-refractivity contribution < 1.29 is 18.1 Å². The highest BCUT2D eigenvalue weighted by molar-refractivity contribution is 7.91. The number of anilines is 1. The van der Waals surface area contributed by atoms with Crippen LogP contribution in [0.5, 0.6) is 0 Å². The maximum absolute atomic E-state index is 12.7. The van der Waals surface area contributed by atoms with Crippen LogP contribution in [0.4, 0.5) is 11.4 Å². The number of benzene rings is 1. The molecule has 1 atom stereocenters. The van der Waals surface area contributed by atoms with Crippen LogP contribution in [0.15, 0.2) is 39.9 Å². The lowest BCUT2D eigenvalue weighted by Gasteiger charge is -2.30. The molecule has 1 saturated heterocycles. The Bertz CT molecular complexity index is 957. The van der Waals surface area contributed by atoms with E-state index in [0.717, 1.165) is 11.3 Å². The molecule has 10 heteroatoms. The number of thiophene rings is 1. The fourth-order valence-electron chi connectivity index (χ4n) is 3.01. The van der Waals surface area contributed by atoms with Gasteiger partial charge in [0, 0.05) is 25.2 Å². The molecule has 27 heavy (non-hydrogen) atoms. The van der Waals surface area contributed by atoms with Crippen molar-refractivity contribution in [3.8, 4) is 0 Å². The average Bonchev–Trinajstić information content (AvgIpc) is 3.19. The minimum absolute atomic E-state index is 0.0973. The summed E-state index contributed by atoms with van der Waals surface area (Å²) < 4.78 is 27.0. The van der Waals surface area contributed by atoms with E-state index in [9.17, 15) is 23.3 Å².